The highest BCUT2D eigenvalue weighted by molar-refractivity contribution is 7.84. The van der Waals surface area contributed by atoms with Gasteiger partial charge in [0.15, 0.2) is 0 Å². The third-order valence-electron chi connectivity index (χ3n) is 4.33. The van der Waals surface area contributed by atoms with Gasteiger partial charge in [0.05, 0.1) is 19.3 Å². The molecule has 0 aliphatic heterocycles. The minimum Gasteiger partial charge on any atom is -0.508 e. The zero-order chi connectivity index (χ0) is 25.1. The average molecular weight is 493 g/mol. The Morgan fingerprint density at radius 1 is 0.676 bits per heavy atom. The summed E-state index contributed by atoms with van der Waals surface area (Å²) in [6.07, 6.45) is -0.861. The summed E-state index contributed by atoms with van der Waals surface area (Å²) in [5.74, 6) is -3.29. The summed E-state index contributed by atoms with van der Waals surface area (Å²) in [6.45, 7) is 0. The summed E-state index contributed by atoms with van der Waals surface area (Å²) in [5.41, 5.74) is 1.45. The molecule has 0 bridgehead atoms. The van der Waals surface area contributed by atoms with E-state index in [9.17, 15) is 33.0 Å². The summed E-state index contributed by atoms with van der Waals surface area (Å²) < 4.78 is 43.5. The molecule has 182 valence electrons. The number of benzene rings is 2. The lowest BCUT2D eigenvalue weighted by atomic mass is 10.1. The highest BCUT2D eigenvalue weighted by atomic mass is 32.2. The number of aromatic hydroxyl groups is 2. The highest BCUT2D eigenvalue weighted by Gasteiger charge is 2.17. The largest absolute Gasteiger partial charge is 0.508 e. The van der Waals surface area contributed by atoms with Gasteiger partial charge in [-0.2, -0.15) is 8.42 Å². The quantitative estimate of drug-likeness (QED) is 0.146. The molecule has 2 aromatic carbocycles. The van der Waals surface area contributed by atoms with Gasteiger partial charge in [-0.25, -0.2) is 0 Å². The Kier molecular flexibility index (Phi) is 9.71. The van der Waals surface area contributed by atoms with E-state index in [-0.39, 0.29) is 37.2 Å². The van der Waals surface area contributed by atoms with Gasteiger partial charge in [-0.3, -0.25) is 18.9 Å². The summed E-state index contributed by atoms with van der Waals surface area (Å²) >= 11 is 0. The van der Waals surface area contributed by atoms with E-state index in [4.69, 9.17) is 9.29 Å². The molecule has 2 rings (SSSR count). The number of rotatable bonds is 10. The van der Waals surface area contributed by atoms with Gasteiger partial charge in [0.2, 0.25) is 5.90 Å². The molecule has 0 radical (unpaired) electrons. The van der Waals surface area contributed by atoms with Crippen LogP contribution in [0.4, 0.5) is 0 Å². The highest BCUT2D eigenvalue weighted by Crippen LogP contribution is 2.13. The third kappa shape index (κ3) is 10.7. The first-order valence-corrected chi connectivity index (χ1v) is 11.5. The normalized spacial score (nSPS) is 11.6. The van der Waals surface area contributed by atoms with Gasteiger partial charge in [0.1, 0.15) is 11.5 Å². The standard InChI is InChI=1S/C22H23NO10S/c24-17-7-1-15(2-8-17)5-12-20(26)32-19(23-34(29,30)31)11-14-22(28)33-21(27)13-6-16-3-9-18(25)10-4-16/h1-4,7-10,24-25H,5-6,11-14H2,(H,29,30,31). The molecule has 0 aliphatic rings. The van der Waals surface area contributed by atoms with Gasteiger partial charge in [-0.15, -0.1) is 4.40 Å². The minimum absolute atomic E-state index is 0.0552. The molecule has 0 heterocycles. The monoisotopic (exact) mass is 493 g/mol. The first kappa shape index (κ1) is 26.5. The summed E-state index contributed by atoms with van der Waals surface area (Å²) in [6, 6.07) is 12.2. The van der Waals surface area contributed by atoms with Crippen molar-refractivity contribution in [3.8, 4) is 11.5 Å². The maximum Gasteiger partial charge on any atom is 0.381 e. The predicted octanol–water partition coefficient (Wildman–Crippen LogP) is 2.26. The van der Waals surface area contributed by atoms with Crippen molar-refractivity contribution in [3.63, 3.8) is 0 Å². The van der Waals surface area contributed by atoms with Crippen LogP contribution in [0.5, 0.6) is 11.5 Å². The first-order valence-electron chi connectivity index (χ1n) is 10.1. The summed E-state index contributed by atoms with van der Waals surface area (Å²) in [7, 11) is -4.91. The van der Waals surface area contributed by atoms with Gasteiger partial charge in [0.25, 0.3) is 0 Å². The minimum atomic E-state index is -4.91. The van der Waals surface area contributed by atoms with Crippen molar-refractivity contribution in [2.24, 2.45) is 4.40 Å². The van der Waals surface area contributed by atoms with Crippen molar-refractivity contribution in [1.29, 1.82) is 0 Å². The van der Waals surface area contributed by atoms with Crippen LogP contribution in [-0.2, 0) is 47.0 Å². The molecule has 0 fully saturated rings. The average Bonchev–Trinajstić information content (AvgIpc) is 2.76. The maximum atomic E-state index is 12.0. The molecular formula is C22H23NO10S. The lowest BCUT2D eigenvalue weighted by molar-refractivity contribution is -0.159. The molecule has 0 amide bonds. The molecule has 0 atom stereocenters. The van der Waals surface area contributed by atoms with Crippen LogP contribution in [0.2, 0.25) is 0 Å². The molecule has 0 saturated heterocycles. The number of phenolic OH excluding ortho intramolecular Hbond substituents is 2. The molecule has 34 heavy (non-hydrogen) atoms. The Hall–Kier alpha value is -3.77. The number of aryl methyl sites for hydroxylation is 2. The second-order valence-electron chi connectivity index (χ2n) is 7.09. The number of phenols is 2. The zero-order valence-corrected chi connectivity index (χ0v) is 18.7. The zero-order valence-electron chi connectivity index (χ0n) is 17.9. The molecule has 2 aromatic rings. The first-order chi connectivity index (χ1) is 16.0. The van der Waals surface area contributed by atoms with E-state index < -0.39 is 47.0 Å². The smallest absolute Gasteiger partial charge is 0.381 e. The third-order valence-corrected chi connectivity index (χ3v) is 4.76. The van der Waals surface area contributed by atoms with Crippen molar-refractivity contribution in [2.75, 3.05) is 0 Å². The van der Waals surface area contributed by atoms with Crippen LogP contribution in [0.25, 0.3) is 0 Å². The van der Waals surface area contributed by atoms with E-state index >= 15 is 0 Å². The number of nitrogens with zero attached hydrogens (tertiary/aromatic N) is 1. The van der Waals surface area contributed by atoms with Crippen LogP contribution in [-0.4, -0.2) is 47.0 Å². The van der Waals surface area contributed by atoms with E-state index in [1.807, 2.05) is 0 Å². The lowest BCUT2D eigenvalue weighted by Gasteiger charge is -2.08. The summed E-state index contributed by atoms with van der Waals surface area (Å²) in [5, 5.41) is 18.5. The SMILES string of the molecule is O=C(CCC(=NS(=O)(=O)O)OC(=O)CCc1ccc(O)cc1)OC(=O)CCc1ccc(O)cc1. The van der Waals surface area contributed by atoms with Crippen LogP contribution in [0.1, 0.15) is 36.8 Å². The maximum absolute atomic E-state index is 12.0. The fourth-order valence-electron chi connectivity index (χ4n) is 2.68. The number of carbonyl (C=O) groups is 3. The van der Waals surface area contributed by atoms with Crippen LogP contribution in [0.15, 0.2) is 52.9 Å². The number of esters is 3. The molecule has 11 nitrogen and oxygen atoms in total. The fraction of sp³-hybridized carbons (Fsp3) is 0.273. The van der Waals surface area contributed by atoms with E-state index in [1.54, 1.807) is 24.3 Å². The second-order valence-corrected chi connectivity index (χ2v) is 8.16. The number of hydrogen-bond acceptors (Lipinski definition) is 9. The second kappa shape index (κ2) is 12.5. The molecule has 0 aromatic heterocycles. The Bertz CT molecular complexity index is 1140. The predicted molar refractivity (Wildman–Crippen MR) is 118 cm³/mol. The van der Waals surface area contributed by atoms with E-state index in [2.05, 4.69) is 9.13 Å². The van der Waals surface area contributed by atoms with E-state index in [0.717, 1.165) is 5.56 Å². The van der Waals surface area contributed by atoms with Gasteiger partial charge in [-0.1, -0.05) is 24.3 Å². The Labute approximate surface area is 195 Å². The van der Waals surface area contributed by atoms with Crippen LogP contribution in [0, 0.1) is 0 Å². The molecule has 0 aliphatic carbocycles. The van der Waals surface area contributed by atoms with Gasteiger partial charge < -0.3 is 19.7 Å². The van der Waals surface area contributed by atoms with Gasteiger partial charge in [-0.05, 0) is 48.2 Å². The Morgan fingerprint density at radius 3 is 1.53 bits per heavy atom. The van der Waals surface area contributed by atoms with Crippen LogP contribution in [0.3, 0.4) is 0 Å². The van der Waals surface area contributed by atoms with Crippen molar-refractivity contribution < 1.29 is 47.0 Å². The Morgan fingerprint density at radius 2 is 1.09 bits per heavy atom. The topological polar surface area (TPSA) is 177 Å². The molecule has 0 spiro atoms. The molecule has 0 unspecified atom stereocenters. The molecule has 0 saturated carbocycles. The lowest BCUT2D eigenvalue weighted by Crippen LogP contribution is -2.18. The van der Waals surface area contributed by atoms with E-state index in [0.29, 0.717) is 5.56 Å². The van der Waals surface area contributed by atoms with Crippen molar-refractivity contribution in [1.82, 2.24) is 0 Å². The summed E-state index contributed by atoms with van der Waals surface area (Å²) in [4.78, 5) is 35.8. The van der Waals surface area contributed by atoms with Gasteiger partial charge >= 0.3 is 28.2 Å². The van der Waals surface area contributed by atoms with Crippen molar-refractivity contribution in [3.05, 3.63) is 59.7 Å². The Balaban J connectivity index is 1.83. The van der Waals surface area contributed by atoms with Crippen LogP contribution >= 0.6 is 0 Å². The molecular weight excluding hydrogens is 470 g/mol. The van der Waals surface area contributed by atoms with Crippen molar-refractivity contribution >= 4 is 34.1 Å². The number of carbonyl (C=O) groups excluding carboxylic acids is 3. The van der Waals surface area contributed by atoms with Crippen LogP contribution < -0.4 is 0 Å². The number of ether oxygens (including phenoxy) is 2. The number of hydrogen-bond donors (Lipinski definition) is 3. The van der Waals surface area contributed by atoms with E-state index in [1.165, 1.54) is 24.3 Å². The fourth-order valence-corrected chi connectivity index (χ4v) is 3.07. The van der Waals surface area contributed by atoms with Crippen molar-refractivity contribution in [2.45, 2.75) is 38.5 Å². The molecule has 12 heteroatoms. The molecule has 3 N–H and O–H groups in total. The van der Waals surface area contributed by atoms with Gasteiger partial charge in [0, 0.05) is 6.42 Å².